The van der Waals surface area contributed by atoms with Crippen molar-refractivity contribution in [2.24, 2.45) is 5.92 Å². The van der Waals surface area contributed by atoms with Crippen LogP contribution in [0.15, 0.2) is 12.7 Å². The van der Waals surface area contributed by atoms with E-state index in [1.807, 2.05) is 0 Å². The Morgan fingerprint density at radius 1 is 1.30 bits per heavy atom. The second-order valence-electron chi connectivity index (χ2n) is 3.14. The summed E-state index contributed by atoms with van der Waals surface area (Å²) in [7, 11) is 2.05. The molecule has 1 fully saturated rings. The Morgan fingerprint density at radius 3 is 2.30 bits per heavy atom. The van der Waals surface area contributed by atoms with E-state index in [2.05, 4.69) is 25.0 Å². The number of hydrogen-bond acceptors (Lipinski definition) is 1. The molecule has 1 aliphatic rings. The molecule has 0 heterocycles. The largest absolute Gasteiger partial charge is 0.317 e. The van der Waals surface area contributed by atoms with Crippen molar-refractivity contribution in [3.63, 3.8) is 0 Å². The standard InChI is InChI=1S/C9H17N/c1-3-8-4-6-9(10-2)7-5-8/h3,8-10H,1,4-7H2,2H3. The highest BCUT2D eigenvalue weighted by Crippen LogP contribution is 2.24. The van der Waals surface area contributed by atoms with Crippen molar-refractivity contribution in [2.75, 3.05) is 7.05 Å². The van der Waals surface area contributed by atoms with Crippen LogP contribution in [0.5, 0.6) is 0 Å². The van der Waals surface area contributed by atoms with Crippen LogP contribution in [0.4, 0.5) is 0 Å². The highest BCUT2D eigenvalue weighted by Gasteiger charge is 2.16. The Hall–Kier alpha value is -0.300. The van der Waals surface area contributed by atoms with E-state index in [0.717, 1.165) is 12.0 Å². The molecule has 0 saturated heterocycles. The summed E-state index contributed by atoms with van der Waals surface area (Å²) in [6, 6.07) is 0.774. The van der Waals surface area contributed by atoms with Gasteiger partial charge in [0.05, 0.1) is 0 Å². The average molecular weight is 139 g/mol. The second kappa shape index (κ2) is 3.77. The van der Waals surface area contributed by atoms with Crippen LogP contribution < -0.4 is 5.32 Å². The first kappa shape index (κ1) is 7.80. The van der Waals surface area contributed by atoms with Crippen LogP contribution in [0.3, 0.4) is 0 Å². The molecule has 1 heteroatoms. The zero-order chi connectivity index (χ0) is 7.40. The molecule has 0 amide bonds. The van der Waals surface area contributed by atoms with Gasteiger partial charge in [0.25, 0.3) is 0 Å². The fraction of sp³-hybridized carbons (Fsp3) is 0.778. The highest BCUT2D eigenvalue weighted by molar-refractivity contribution is 4.85. The van der Waals surface area contributed by atoms with Crippen molar-refractivity contribution in [1.29, 1.82) is 0 Å². The van der Waals surface area contributed by atoms with Crippen molar-refractivity contribution in [3.05, 3.63) is 12.7 Å². The van der Waals surface area contributed by atoms with Gasteiger partial charge in [-0.2, -0.15) is 0 Å². The van der Waals surface area contributed by atoms with Crippen LogP contribution in [0.25, 0.3) is 0 Å². The van der Waals surface area contributed by atoms with Gasteiger partial charge in [-0.3, -0.25) is 0 Å². The SMILES string of the molecule is C=CC1CCC(NC)CC1. The van der Waals surface area contributed by atoms with Crippen molar-refractivity contribution >= 4 is 0 Å². The van der Waals surface area contributed by atoms with Gasteiger partial charge in [0.15, 0.2) is 0 Å². The van der Waals surface area contributed by atoms with Crippen LogP contribution in [0, 0.1) is 5.92 Å². The normalized spacial score (nSPS) is 33.7. The van der Waals surface area contributed by atoms with E-state index >= 15 is 0 Å². The Balaban J connectivity index is 2.23. The highest BCUT2D eigenvalue weighted by atomic mass is 14.9. The Morgan fingerprint density at radius 2 is 1.90 bits per heavy atom. The third-order valence-corrected chi connectivity index (χ3v) is 2.51. The van der Waals surface area contributed by atoms with Crippen molar-refractivity contribution in [2.45, 2.75) is 31.7 Å². The molecule has 1 aliphatic carbocycles. The van der Waals surface area contributed by atoms with E-state index in [0.29, 0.717) is 0 Å². The van der Waals surface area contributed by atoms with Crippen LogP contribution in [-0.4, -0.2) is 13.1 Å². The fourth-order valence-corrected chi connectivity index (χ4v) is 1.64. The first-order valence-electron chi connectivity index (χ1n) is 4.16. The molecule has 0 spiro atoms. The van der Waals surface area contributed by atoms with Gasteiger partial charge in [-0.1, -0.05) is 6.08 Å². The monoisotopic (exact) mass is 139 g/mol. The summed E-state index contributed by atoms with van der Waals surface area (Å²) in [5, 5.41) is 3.31. The van der Waals surface area contributed by atoms with Gasteiger partial charge in [-0.15, -0.1) is 6.58 Å². The Bertz CT molecular complexity index is 101. The third kappa shape index (κ3) is 1.84. The van der Waals surface area contributed by atoms with E-state index < -0.39 is 0 Å². The second-order valence-corrected chi connectivity index (χ2v) is 3.14. The molecule has 10 heavy (non-hydrogen) atoms. The number of rotatable bonds is 2. The summed E-state index contributed by atoms with van der Waals surface area (Å²) < 4.78 is 0. The lowest BCUT2D eigenvalue weighted by molar-refractivity contribution is 0.342. The summed E-state index contributed by atoms with van der Waals surface area (Å²) in [5.74, 6) is 0.796. The molecule has 0 aliphatic heterocycles. The van der Waals surface area contributed by atoms with Crippen LogP contribution >= 0.6 is 0 Å². The van der Waals surface area contributed by atoms with Crippen molar-refractivity contribution in [1.82, 2.24) is 5.32 Å². The summed E-state index contributed by atoms with van der Waals surface area (Å²) in [6.07, 6.45) is 7.41. The lowest BCUT2D eigenvalue weighted by atomic mass is 9.86. The van der Waals surface area contributed by atoms with Gasteiger partial charge in [0.2, 0.25) is 0 Å². The van der Waals surface area contributed by atoms with E-state index in [9.17, 15) is 0 Å². The smallest absolute Gasteiger partial charge is 0.00644 e. The van der Waals surface area contributed by atoms with Gasteiger partial charge in [0.1, 0.15) is 0 Å². The van der Waals surface area contributed by atoms with Gasteiger partial charge in [-0.25, -0.2) is 0 Å². The minimum absolute atomic E-state index is 0.774. The fourth-order valence-electron chi connectivity index (χ4n) is 1.64. The lowest BCUT2D eigenvalue weighted by Gasteiger charge is -2.25. The topological polar surface area (TPSA) is 12.0 Å². The quantitative estimate of drug-likeness (QED) is 0.577. The van der Waals surface area contributed by atoms with Gasteiger partial charge < -0.3 is 5.32 Å². The predicted molar refractivity (Wildman–Crippen MR) is 45.0 cm³/mol. The molecular weight excluding hydrogens is 122 g/mol. The van der Waals surface area contributed by atoms with Crippen LogP contribution in [0.2, 0.25) is 0 Å². The molecule has 0 radical (unpaired) electrons. The molecule has 1 rings (SSSR count). The maximum Gasteiger partial charge on any atom is 0.00644 e. The lowest BCUT2D eigenvalue weighted by Crippen LogP contribution is -2.29. The molecule has 0 aromatic heterocycles. The van der Waals surface area contributed by atoms with Crippen molar-refractivity contribution < 1.29 is 0 Å². The van der Waals surface area contributed by atoms with Gasteiger partial charge >= 0.3 is 0 Å². The minimum atomic E-state index is 0.774. The molecule has 0 bridgehead atoms. The molecule has 1 saturated carbocycles. The summed E-state index contributed by atoms with van der Waals surface area (Å²) >= 11 is 0. The van der Waals surface area contributed by atoms with E-state index in [-0.39, 0.29) is 0 Å². The van der Waals surface area contributed by atoms with Crippen molar-refractivity contribution in [3.8, 4) is 0 Å². The molecule has 0 unspecified atom stereocenters. The Labute approximate surface area is 63.5 Å². The zero-order valence-corrected chi connectivity index (χ0v) is 6.77. The van der Waals surface area contributed by atoms with Gasteiger partial charge in [0, 0.05) is 6.04 Å². The predicted octanol–water partition coefficient (Wildman–Crippen LogP) is 1.95. The van der Waals surface area contributed by atoms with Gasteiger partial charge in [-0.05, 0) is 38.6 Å². The number of allylic oxidation sites excluding steroid dienone is 1. The molecule has 1 N–H and O–H groups in total. The maximum atomic E-state index is 3.81. The average Bonchev–Trinajstić information content (AvgIpc) is 2.05. The molecule has 0 atom stereocenters. The molecule has 0 aromatic carbocycles. The van der Waals surface area contributed by atoms with Crippen LogP contribution in [-0.2, 0) is 0 Å². The first-order chi connectivity index (χ1) is 4.86. The summed E-state index contributed by atoms with van der Waals surface area (Å²) in [4.78, 5) is 0. The van der Waals surface area contributed by atoms with E-state index in [1.165, 1.54) is 25.7 Å². The minimum Gasteiger partial charge on any atom is -0.317 e. The number of hydrogen-bond donors (Lipinski definition) is 1. The summed E-state index contributed by atoms with van der Waals surface area (Å²) in [6.45, 7) is 3.81. The zero-order valence-electron chi connectivity index (χ0n) is 6.77. The van der Waals surface area contributed by atoms with E-state index in [4.69, 9.17) is 0 Å². The van der Waals surface area contributed by atoms with Crippen LogP contribution in [0.1, 0.15) is 25.7 Å². The molecule has 58 valence electrons. The number of nitrogens with one attached hydrogen (secondary N) is 1. The Kier molecular flexibility index (Phi) is 2.94. The molecule has 1 nitrogen and oxygen atoms in total. The first-order valence-corrected chi connectivity index (χ1v) is 4.16. The molecular formula is C9H17N. The summed E-state index contributed by atoms with van der Waals surface area (Å²) in [5.41, 5.74) is 0. The maximum absolute atomic E-state index is 3.81. The molecule has 0 aromatic rings. The van der Waals surface area contributed by atoms with E-state index in [1.54, 1.807) is 0 Å². The third-order valence-electron chi connectivity index (χ3n) is 2.51.